The summed E-state index contributed by atoms with van der Waals surface area (Å²) < 4.78 is 0. The summed E-state index contributed by atoms with van der Waals surface area (Å²) in [5, 5.41) is 0. The number of aromatic nitrogens is 2. The van der Waals surface area contributed by atoms with Crippen LogP contribution in [-0.2, 0) is 25.7 Å². The van der Waals surface area contributed by atoms with Crippen LogP contribution in [0.1, 0.15) is 44.5 Å². The molecule has 0 bridgehead atoms. The zero-order valence-corrected chi connectivity index (χ0v) is 19.2. The lowest BCUT2D eigenvalue weighted by Gasteiger charge is -2.39. The van der Waals surface area contributed by atoms with E-state index in [1.54, 1.807) is 0 Å². The van der Waals surface area contributed by atoms with Crippen LogP contribution in [0.2, 0.25) is 0 Å². The standard InChI is InChI=1S/C32H21N3/c1-2-6-22-18(4-1)13-25-23(22)7-8-24-26-15-21-12-19-9-11-33-17-30(19)35-31(21)29(28(26)16-27(24)25)14-20-5-3-10-34-32(20)35/h1-11,15,17H,12-14,16H2. The fourth-order valence-corrected chi connectivity index (χ4v) is 7.05. The number of pyridine rings is 2. The number of hydrogen-bond donors (Lipinski definition) is 0. The largest absolute Gasteiger partial charge is 0.292 e. The number of benzene rings is 3. The average molecular weight is 448 g/mol. The second-order valence-corrected chi connectivity index (χ2v) is 10.2. The van der Waals surface area contributed by atoms with Crippen LogP contribution in [0.25, 0.3) is 22.3 Å². The van der Waals surface area contributed by atoms with Gasteiger partial charge in [-0.15, -0.1) is 0 Å². The molecule has 35 heavy (non-hydrogen) atoms. The van der Waals surface area contributed by atoms with Crippen molar-refractivity contribution in [1.82, 2.24) is 9.97 Å². The van der Waals surface area contributed by atoms with Crippen molar-refractivity contribution in [3.63, 3.8) is 0 Å². The molecule has 0 radical (unpaired) electrons. The number of rotatable bonds is 0. The number of anilines is 3. The first kappa shape index (κ1) is 18.1. The molecule has 9 rings (SSSR count). The van der Waals surface area contributed by atoms with Gasteiger partial charge >= 0.3 is 0 Å². The van der Waals surface area contributed by atoms with Gasteiger partial charge in [0.1, 0.15) is 5.82 Å². The van der Waals surface area contributed by atoms with Gasteiger partial charge in [-0.3, -0.25) is 9.88 Å². The third-order valence-electron chi connectivity index (χ3n) is 8.53. The van der Waals surface area contributed by atoms with Crippen LogP contribution in [-0.4, -0.2) is 9.97 Å². The Kier molecular flexibility index (Phi) is 3.24. The summed E-state index contributed by atoms with van der Waals surface area (Å²) in [6.07, 6.45) is 9.80. The van der Waals surface area contributed by atoms with E-state index in [4.69, 9.17) is 4.98 Å². The molecule has 0 amide bonds. The maximum absolute atomic E-state index is 4.85. The van der Waals surface area contributed by atoms with E-state index in [0.717, 1.165) is 31.5 Å². The molecule has 0 saturated heterocycles. The smallest absolute Gasteiger partial charge is 0.141 e. The van der Waals surface area contributed by atoms with Crippen molar-refractivity contribution in [2.24, 2.45) is 0 Å². The van der Waals surface area contributed by atoms with Crippen LogP contribution in [0.15, 0.2) is 79.3 Å². The highest BCUT2D eigenvalue weighted by molar-refractivity contribution is 5.94. The fourth-order valence-electron chi connectivity index (χ4n) is 7.05. The fraction of sp³-hybridized carbons (Fsp3) is 0.125. The highest BCUT2D eigenvalue weighted by Gasteiger charge is 2.37. The summed E-state index contributed by atoms with van der Waals surface area (Å²) in [6.45, 7) is 0. The Balaban J connectivity index is 1.30. The highest BCUT2D eigenvalue weighted by atomic mass is 15.2. The van der Waals surface area contributed by atoms with E-state index in [9.17, 15) is 0 Å². The summed E-state index contributed by atoms with van der Waals surface area (Å²) in [5.41, 5.74) is 19.8. The minimum absolute atomic E-state index is 0.942. The van der Waals surface area contributed by atoms with E-state index >= 15 is 0 Å². The van der Waals surface area contributed by atoms with Gasteiger partial charge in [-0.25, -0.2) is 4.98 Å². The Bertz CT molecular complexity index is 1750. The van der Waals surface area contributed by atoms with Crippen molar-refractivity contribution in [2.75, 3.05) is 4.90 Å². The summed E-state index contributed by atoms with van der Waals surface area (Å²) in [7, 11) is 0. The van der Waals surface area contributed by atoms with E-state index in [0.29, 0.717) is 0 Å². The Labute approximate surface area is 203 Å². The van der Waals surface area contributed by atoms with E-state index < -0.39 is 0 Å². The molecular weight excluding hydrogens is 426 g/mol. The van der Waals surface area contributed by atoms with Crippen molar-refractivity contribution < 1.29 is 0 Å². The second kappa shape index (κ2) is 6.25. The molecular formula is C32H21N3. The van der Waals surface area contributed by atoms with Gasteiger partial charge in [0.15, 0.2) is 0 Å². The number of hydrogen-bond acceptors (Lipinski definition) is 3. The normalized spacial score (nSPS) is 14.9. The topological polar surface area (TPSA) is 29.0 Å². The monoisotopic (exact) mass is 447 g/mol. The van der Waals surface area contributed by atoms with Crippen LogP contribution in [0.3, 0.4) is 0 Å². The molecule has 2 aromatic heterocycles. The molecule has 4 aliphatic rings. The third-order valence-corrected chi connectivity index (χ3v) is 8.53. The first-order chi connectivity index (χ1) is 17.3. The minimum atomic E-state index is 0.942. The maximum Gasteiger partial charge on any atom is 0.141 e. The zero-order valence-electron chi connectivity index (χ0n) is 19.2. The first-order valence-electron chi connectivity index (χ1n) is 12.4. The zero-order chi connectivity index (χ0) is 22.7. The molecule has 0 saturated carbocycles. The maximum atomic E-state index is 4.85. The lowest BCUT2D eigenvalue weighted by atomic mass is 9.83. The molecule has 0 spiro atoms. The van der Waals surface area contributed by atoms with Gasteiger partial charge in [-0.2, -0.15) is 0 Å². The SMILES string of the molecule is c1ccc2c(c1)Cc1c-2ccc2c1Cc1c-2cc2c3c1Cc1cccnc1N3c1cnccc1C2. The number of nitrogens with zero attached hydrogens (tertiary/aromatic N) is 3. The predicted octanol–water partition coefficient (Wildman–Crippen LogP) is 6.90. The van der Waals surface area contributed by atoms with Crippen molar-refractivity contribution in [2.45, 2.75) is 25.7 Å². The summed E-state index contributed by atoms with van der Waals surface area (Å²) >= 11 is 0. The second-order valence-electron chi connectivity index (χ2n) is 10.2. The van der Waals surface area contributed by atoms with Gasteiger partial charge < -0.3 is 0 Å². The molecule has 0 fully saturated rings. The minimum Gasteiger partial charge on any atom is -0.292 e. The van der Waals surface area contributed by atoms with Gasteiger partial charge in [-0.05, 0) is 97.8 Å². The molecule has 0 atom stereocenters. The third kappa shape index (κ3) is 2.21. The molecule has 3 aromatic carbocycles. The van der Waals surface area contributed by atoms with Crippen LogP contribution in [0, 0.1) is 0 Å². The molecule has 2 aliphatic carbocycles. The van der Waals surface area contributed by atoms with Crippen molar-refractivity contribution in [3.8, 4) is 22.3 Å². The van der Waals surface area contributed by atoms with E-state index in [1.807, 2.05) is 18.6 Å². The van der Waals surface area contributed by atoms with Crippen molar-refractivity contribution >= 4 is 17.2 Å². The van der Waals surface area contributed by atoms with Crippen molar-refractivity contribution in [3.05, 3.63) is 124 Å². The predicted molar refractivity (Wildman–Crippen MR) is 139 cm³/mol. The molecule has 3 heteroatoms. The Morgan fingerprint density at radius 1 is 0.571 bits per heavy atom. The Hall–Kier alpha value is -4.24. The highest BCUT2D eigenvalue weighted by Crippen LogP contribution is 2.55. The summed E-state index contributed by atoms with van der Waals surface area (Å²) in [4.78, 5) is 11.7. The van der Waals surface area contributed by atoms with Gasteiger partial charge in [0, 0.05) is 25.2 Å². The Morgan fingerprint density at radius 2 is 1.37 bits per heavy atom. The lowest BCUT2D eigenvalue weighted by Crippen LogP contribution is -2.26. The van der Waals surface area contributed by atoms with Crippen LogP contribution >= 0.6 is 0 Å². The van der Waals surface area contributed by atoms with Gasteiger partial charge in [0.05, 0.1) is 17.6 Å². The molecule has 0 N–H and O–H groups in total. The molecule has 4 heterocycles. The van der Waals surface area contributed by atoms with Crippen LogP contribution < -0.4 is 4.90 Å². The van der Waals surface area contributed by atoms with E-state index in [1.165, 1.54) is 78.1 Å². The molecule has 2 aliphatic heterocycles. The Morgan fingerprint density at radius 3 is 2.34 bits per heavy atom. The summed E-state index contributed by atoms with van der Waals surface area (Å²) in [5.74, 6) is 1.06. The average Bonchev–Trinajstić information content (AvgIpc) is 3.47. The molecule has 5 aromatic rings. The lowest BCUT2D eigenvalue weighted by molar-refractivity contribution is 0.960. The van der Waals surface area contributed by atoms with Gasteiger partial charge in [-0.1, -0.05) is 42.5 Å². The van der Waals surface area contributed by atoms with E-state index in [-0.39, 0.29) is 0 Å². The molecule has 3 nitrogen and oxygen atoms in total. The quantitative estimate of drug-likeness (QED) is 0.253. The number of fused-ring (bicyclic) bond motifs is 12. The summed E-state index contributed by atoms with van der Waals surface area (Å²) in [6, 6.07) is 22.6. The van der Waals surface area contributed by atoms with Crippen molar-refractivity contribution in [1.29, 1.82) is 0 Å². The van der Waals surface area contributed by atoms with Gasteiger partial charge in [0.2, 0.25) is 0 Å². The van der Waals surface area contributed by atoms with Crippen LogP contribution in [0.5, 0.6) is 0 Å². The van der Waals surface area contributed by atoms with E-state index in [2.05, 4.69) is 70.5 Å². The van der Waals surface area contributed by atoms with Crippen LogP contribution in [0.4, 0.5) is 17.2 Å². The molecule has 0 unspecified atom stereocenters. The first-order valence-corrected chi connectivity index (χ1v) is 12.4. The van der Waals surface area contributed by atoms with Gasteiger partial charge in [0.25, 0.3) is 0 Å². The molecule has 164 valence electrons.